The highest BCUT2D eigenvalue weighted by Crippen LogP contribution is 2.30. The van der Waals surface area contributed by atoms with E-state index >= 15 is 0 Å². The van der Waals surface area contributed by atoms with Crippen LogP contribution in [0.5, 0.6) is 23.0 Å². The number of hydrazine groups is 1. The maximum absolute atomic E-state index is 11.9. The van der Waals surface area contributed by atoms with Crippen LogP contribution in [-0.4, -0.2) is 20.1 Å². The molecule has 0 spiro atoms. The number of hydrogen-bond acceptors (Lipinski definition) is 6. The van der Waals surface area contributed by atoms with Gasteiger partial charge < -0.3 is 18.9 Å². The predicted molar refractivity (Wildman–Crippen MR) is 113 cm³/mol. The first-order valence-corrected chi connectivity index (χ1v) is 9.29. The number of rotatable bonds is 9. The first-order valence-electron chi connectivity index (χ1n) is 9.29. The molecule has 0 radical (unpaired) electrons. The first kappa shape index (κ1) is 21.0. The molecule has 0 saturated carbocycles. The third kappa shape index (κ3) is 5.42. The largest absolute Gasteiger partial charge is 0.497 e. The van der Waals surface area contributed by atoms with Gasteiger partial charge in [-0.25, -0.2) is 5.84 Å². The molecule has 0 unspecified atom stereocenters. The van der Waals surface area contributed by atoms with Crippen molar-refractivity contribution in [2.75, 3.05) is 14.2 Å². The highest BCUT2D eigenvalue weighted by atomic mass is 16.5. The van der Waals surface area contributed by atoms with Crippen LogP contribution in [0.15, 0.2) is 66.7 Å². The minimum absolute atomic E-state index is 0.302. The molecule has 0 aliphatic carbocycles. The SMILES string of the molecule is COc1ccc(COc2ccc(C(=O)NN)cc2OCc2ccc(OC)cc2)cc1. The Morgan fingerprint density at radius 2 is 1.27 bits per heavy atom. The van der Waals surface area contributed by atoms with Crippen molar-refractivity contribution >= 4 is 5.91 Å². The number of ether oxygens (including phenoxy) is 4. The molecule has 0 saturated heterocycles. The third-order valence-electron chi connectivity index (χ3n) is 4.44. The molecule has 0 aromatic heterocycles. The summed E-state index contributed by atoms with van der Waals surface area (Å²) >= 11 is 0. The Balaban J connectivity index is 1.75. The van der Waals surface area contributed by atoms with Crippen LogP contribution in [0.2, 0.25) is 0 Å². The van der Waals surface area contributed by atoms with Crippen LogP contribution in [0.3, 0.4) is 0 Å². The first-order chi connectivity index (χ1) is 14.6. The smallest absolute Gasteiger partial charge is 0.265 e. The van der Waals surface area contributed by atoms with Gasteiger partial charge >= 0.3 is 0 Å². The zero-order chi connectivity index (χ0) is 21.3. The lowest BCUT2D eigenvalue weighted by molar-refractivity contribution is 0.0953. The van der Waals surface area contributed by atoms with Crippen LogP contribution < -0.4 is 30.2 Å². The second-order valence-corrected chi connectivity index (χ2v) is 6.41. The van der Waals surface area contributed by atoms with Crippen LogP contribution in [0.4, 0.5) is 0 Å². The van der Waals surface area contributed by atoms with Crippen molar-refractivity contribution < 1.29 is 23.7 Å². The zero-order valence-electron chi connectivity index (χ0n) is 16.9. The summed E-state index contributed by atoms with van der Waals surface area (Å²) in [5.74, 6) is 7.35. The van der Waals surface area contributed by atoms with Crippen LogP contribution in [-0.2, 0) is 13.2 Å². The van der Waals surface area contributed by atoms with E-state index in [-0.39, 0.29) is 0 Å². The fraction of sp³-hybridized carbons (Fsp3) is 0.174. The van der Waals surface area contributed by atoms with E-state index in [1.165, 1.54) is 0 Å². The van der Waals surface area contributed by atoms with Crippen LogP contribution in [0.25, 0.3) is 0 Å². The van der Waals surface area contributed by atoms with Crippen molar-refractivity contribution in [2.45, 2.75) is 13.2 Å². The average molecular weight is 408 g/mol. The second kappa shape index (κ2) is 10.2. The normalized spacial score (nSPS) is 10.2. The van der Waals surface area contributed by atoms with E-state index in [0.717, 1.165) is 22.6 Å². The standard InChI is InChI=1S/C23H24N2O5/c1-27-19-8-3-16(4-9-19)14-29-21-12-7-18(23(26)25-24)13-22(21)30-15-17-5-10-20(28-2)11-6-17/h3-13H,14-15,24H2,1-2H3,(H,25,26). The average Bonchev–Trinajstić information content (AvgIpc) is 2.81. The number of methoxy groups -OCH3 is 2. The topological polar surface area (TPSA) is 92.0 Å². The highest BCUT2D eigenvalue weighted by molar-refractivity contribution is 5.94. The van der Waals surface area contributed by atoms with Gasteiger partial charge in [0.1, 0.15) is 24.7 Å². The summed E-state index contributed by atoms with van der Waals surface area (Å²) in [4.78, 5) is 11.9. The molecule has 3 N–H and O–H groups in total. The van der Waals surface area contributed by atoms with Gasteiger partial charge in [-0.05, 0) is 53.6 Å². The predicted octanol–water partition coefficient (Wildman–Crippen LogP) is 3.47. The van der Waals surface area contributed by atoms with Crippen molar-refractivity contribution in [3.63, 3.8) is 0 Å². The molecule has 7 nitrogen and oxygen atoms in total. The van der Waals surface area contributed by atoms with E-state index < -0.39 is 5.91 Å². The molecule has 0 atom stereocenters. The van der Waals surface area contributed by atoms with Crippen molar-refractivity contribution in [1.29, 1.82) is 0 Å². The lowest BCUT2D eigenvalue weighted by Crippen LogP contribution is -2.29. The summed E-state index contributed by atoms with van der Waals surface area (Å²) in [5.41, 5.74) is 4.42. The molecule has 0 aliphatic rings. The fourth-order valence-corrected chi connectivity index (χ4v) is 2.73. The molecule has 1 amide bonds. The molecule has 0 aliphatic heterocycles. The molecule has 0 fully saturated rings. The van der Waals surface area contributed by atoms with Gasteiger partial charge in [-0.15, -0.1) is 0 Å². The number of amides is 1. The lowest BCUT2D eigenvalue weighted by Gasteiger charge is -2.14. The maximum Gasteiger partial charge on any atom is 0.265 e. The number of carbonyl (C=O) groups is 1. The Labute approximate surface area is 175 Å². The lowest BCUT2D eigenvalue weighted by atomic mass is 10.2. The van der Waals surface area contributed by atoms with E-state index in [2.05, 4.69) is 5.43 Å². The van der Waals surface area contributed by atoms with Crippen LogP contribution in [0, 0.1) is 0 Å². The third-order valence-corrected chi connectivity index (χ3v) is 4.44. The van der Waals surface area contributed by atoms with E-state index in [1.54, 1.807) is 32.4 Å². The summed E-state index contributed by atoms with van der Waals surface area (Å²) in [6.45, 7) is 0.641. The monoisotopic (exact) mass is 408 g/mol. The van der Waals surface area contributed by atoms with E-state index in [4.69, 9.17) is 24.8 Å². The van der Waals surface area contributed by atoms with Gasteiger partial charge in [0.25, 0.3) is 5.91 Å². The Kier molecular flexibility index (Phi) is 7.13. The summed E-state index contributed by atoms with van der Waals surface area (Å²) in [6.07, 6.45) is 0. The number of nitrogens with one attached hydrogen (secondary N) is 1. The van der Waals surface area contributed by atoms with Crippen LogP contribution >= 0.6 is 0 Å². The van der Waals surface area contributed by atoms with Crippen LogP contribution in [0.1, 0.15) is 21.5 Å². The minimum atomic E-state index is -0.411. The highest BCUT2D eigenvalue weighted by Gasteiger charge is 2.12. The molecule has 156 valence electrons. The molecule has 7 heteroatoms. The van der Waals surface area contributed by atoms with Crippen molar-refractivity contribution in [2.24, 2.45) is 5.84 Å². The van der Waals surface area contributed by atoms with Gasteiger partial charge in [0.05, 0.1) is 14.2 Å². The Hall–Kier alpha value is -3.71. The summed E-state index contributed by atoms with van der Waals surface area (Å²) in [7, 11) is 3.24. The molecular formula is C23H24N2O5. The fourth-order valence-electron chi connectivity index (χ4n) is 2.73. The Bertz CT molecular complexity index is 972. The number of hydrogen-bond donors (Lipinski definition) is 2. The quantitative estimate of drug-likeness (QED) is 0.320. The minimum Gasteiger partial charge on any atom is -0.497 e. The number of nitrogen functional groups attached to an aromatic ring is 1. The summed E-state index contributed by atoms with van der Waals surface area (Å²) < 4.78 is 22.2. The van der Waals surface area contributed by atoms with Crippen molar-refractivity contribution in [3.05, 3.63) is 83.4 Å². The summed E-state index contributed by atoms with van der Waals surface area (Å²) in [5, 5.41) is 0. The molecule has 3 rings (SSSR count). The zero-order valence-corrected chi connectivity index (χ0v) is 16.9. The molecular weight excluding hydrogens is 384 g/mol. The van der Waals surface area contributed by atoms with Gasteiger partial charge in [0.15, 0.2) is 11.5 Å². The summed E-state index contributed by atoms with van der Waals surface area (Å²) in [6, 6.07) is 20.1. The molecule has 0 bridgehead atoms. The number of benzene rings is 3. The number of nitrogens with two attached hydrogens (primary N) is 1. The van der Waals surface area contributed by atoms with Gasteiger partial charge in [0.2, 0.25) is 0 Å². The van der Waals surface area contributed by atoms with E-state index in [1.807, 2.05) is 48.5 Å². The molecule has 3 aromatic rings. The maximum atomic E-state index is 11.9. The Morgan fingerprint density at radius 1 is 0.767 bits per heavy atom. The second-order valence-electron chi connectivity index (χ2n) is 6.41. The van der Waals surface area contributed by atoms with Gasteiger partial charge in [-0.2, -0.15) is 0 Å². The Morgan fingerprint density at radius 3 is 1.73 bits per heavy atom. The van der Waals surface area contributed by atoms with E-state index in [9.17, 15) is 4.79 Å². The van der Waals surface area contributed by atoms with Gasteiger partial charge in [-0.1, -0.05) is 24.3 Å². The van der Waals surface area contributed by atoms with Crippen molar-refractivity contribution in [3.8, 4) is 23.0 Å². The van der Waals surface area contributed by atoms with Gasteiger partial charge in [0, 0.05) is 5.56 Å². The van der Waals surface area contributed by atoms with Crippen molar-refractivity contribution in [1.82, 2.24) is 5.43 Å². The van der Waals surface area contributed by atoms with Gasteiger partial charge in [-0.3, -0.25) is 10.2 Å². The number of carbonyl (C=O) groups excluding carboxylic acids is 1. The molecule has 30 heavy (non-hydrogen) atoms. The van der Waals surface area contributed by atoms with E-state index in [0.29, 0.717) is 30.3 Å². The molecule has 3 aromatic carbocycles. The molecule has 0 heterocycles.